The number of hydrogen-bond acceptors (Lipinski definition) is 1. The lowest BCUT2D eigenvalue weighted by Crippen LogP contribution is -2.32. The van der Waals surface area contributed by atoms with E-state index in [1.54, 1.807) is 0 Å². The largest absolute Gasteiger partial charge is 0.507 e. The second-order valence-corrected chi connectivity index (χ2v) is 13.7. The van der Waals surface area contributed by atoms with Crippen LogP contribution in [0.25, 0.3) is 0 Å². The van der Waals surface area contributed by atoms with Gasteiger partial charge in [0.05, 0.1) is 0 Å². The van der Waals surface area contributed by atoms with Crippen LogP contribution in [0.3, 0.4) is 0 Å². The molecular formula is C28H48O. The molecule has 166 valence electrons. The van der Waals surface area contributed by atoms with Crippen molar-refractivity contribution in [1.82, 2.24) is 0 Å². The summed E-state index contributed by atoms with van der Waals surface area (Å²) in [7, 11) is 0. The van der Waals surface area contributed by atoms with Gasteiger partial charge in [0, 0.05) is 0 Å². The zero-order valence-electron chi connectivity index (χ0n) is 21.3. The topological polar surface area (TPSA) is 20.2 Å². The van der Waals surface area contributed by atoms with Gasteiger partial charge in [-0.2, -0.15) is 0 Å². The third-order valence-corrected chi connectivity index (χ3v) is 7.04. The predicted octanol–water partition coefficient (Wildman–Crippen LogP) is 8.72. The van der Waals surface area contributed by atoms with Gasteiger partial charge in [-0.25, -0.2) is 0 Å². The van der Waals surface area contributed by atoms with Crippen molar-refractivity contribution in [1.29, 1.82) is 0 Å². The summed E-state index contributed by atoms with van der Waals surface area (Å²) in [5, 5.41) is 11.0. The average Bonchev–Trinajstić information content (AvgIpc) is 2.50. The zero-order valence-corrected chi connectivity index (χ0v) is 21.3. The maximum absolute atomic E-state index is 11.0. The van der Waals surface area contributed by atoms with Crippen molar-refractivity contribution in [2.45, 2.75) is 125 Å². The van der Waals surface area contributed by atoms with Crippen LogP contribution >= 0.6 is 0 Å². The summed E-state index contributed by atoms with van der Waals surface area (Å²) in [5.41, 5.74) is 4.36. The second-order valence-electron chi connectivity index (χ2n) is 13.7. The maximum Gasteiger partial charge on any atom is 0.123 e. The highest BCUT2D eigenvalue weighted by molar-refractivity contribution is 5.50. The van der Waals surface area contributed by atoms with E-state index in [9.17, 15) is 5.11 Å². The van der Waals surface area contributed by atoms with E-state index in [4.69, 9.17) is 0 Å². The SMILES string of the molecule is CC(C)(C)CC(C)(C)C1CCC(c2cc(C(C)(C)C)c(O)c(C(C)(C)C)c2)CC1. The van der Waals surface area contributed by atoms with Gasteiger partial charge in [0.15, 0.2) is 0 Å². The molecule has 0 heterocycles. The summed E-state index contributed by atoms with van der Waals surface area (Å²) in [4.78, 5) is 0. The number of aromatic hydroxyl groups is 1. The Hall–Kier alpha value is -0.980. The van der Waals surface area contributed by atoms with Crippen LogP contribution in [0.2, 0.25) is 0 Å². The summed E-state index contributed by atoms with van der Waals surface area (Å²) in [6, 6.07) is 4.63. The van der Waals surface area contributed by atoms with Crippen LogP contribution in [0.1, 0.15) is 131 Å². The molecule has 0 aliphatic heterocycles. The first-order valence-corrected chi connectivity index (χ1v) is 11.8. The van der Waals surface area contributed by atoms with Gasteiger partial charge in [-0.15, -0.1) is 0 Å². The van der Waals surface area contributed by atoms with E-state index in [0.29, 0.717) is 22.5 Å². The lowest BCUT2D eigenvalue weighted by molar-refractivity contribution is 0.0945. The predicted molar refractivity (Wildman–Crippen MR) is 128 cm³/mol. The van der Waals surface area contributed by atoms with E-state index in [2.05, 4.69) is 88.3 Å². The molecule has 0 amide bonds. The molecule has 1 aromatic carbocycles. The van der Waals surface area contributed by atoms with Gasteiger partial charge in [-0.1, -0.05) is 88.3 Å². The number of rotatable bonds is 3. The highest BCUT2D eigenvalue weighted by atomic mass is 16.3. The molecule has 0 radical (unpaired) electrons. The number of hydrogen-bond donors (Lipinski definition) is 1. The zero-order chi connectivity index (χ0) is 22.4. The van der Waals surface area contributed by atoms with E-state index in [-0.39, 0.29) is 10.8 Å². The number of phenolic OH excluding ortho intramolecular Hbond substituents is 1. The van der Waals surface area contributed by atoms with Gasteiger partial charge in [0.1, 0.15) is 5.75 Å². The third-order valence-electron chi connectivity index (χ3n) is 7.04. The van der Waals surface area contributed by atoms with Crippen LogP contribution in [-0.2, 0) is 10.8 Å². The smallest absolute Gasteiger partial charge is 0.123 e. The van der Waals surface area contributed by atoms with E-state index in [0.717, 1.165) is 17.0 Å². The Bertz CT molecular complexity index is 660. The summed E-state index contributed by atoms with van der Waals surface area (Å²) >= 11 is 0. The minimum atomic E-state index is -0.0496. The van der Waals surface area contributed by atoms with Gasteiger partial charge in [-0.05, 0) is 82.3 Å². The Morgan fingerprint density at radius 2 is 1.14 bits per heavy atom. The molecule has 29 heavy (non-hydrogen) atoms. The third kappa shape index (κ3) is 6.02. The van der Waals surface area contributed by atoms with Crippen molar-refractivity contribution in [3.8, 4) is 5.75 Å². The van der Waals surface area contributed by atoms with Gasteiger partial charge in [0.25, 0.3) is 0 Å². The number of benzene rings is 1. The highest BCUT2D eigenvalue weighted by Gasteiger charge is 2.37. The van der Waals surface area contributed by atoms with Crippen molar-refractivity contribution in [2.24, 2.45) is 16.7 Å². The number of phenols is 1. The summed E-state index contributed by atoms with van der Waals surface area (Å²) in [5.74, 6) is 1.95. The molecule has 0 saturated heterocycles. The van der Waals surface area contributed by atoms with E-state index in [1.807, 2.05) is 0 Å². The first kappa shape index (κ1) is 24.3. The van der Waals surface area contributed by atoms with Crippen LogP contribution in [0.4, 0.5) is 0 Å². The molecular weight excluding hydrogens is 352 g/mol. The fourth-order valence-electron chi connectivity index (χ4n) is 5.76. The Morgan fingerprint density at radius 1 is 0.724 bits per heavy atom. The quantitative estimate of drug-likeness (QED) is 0.537. The molecule has 1 N–H and O–H groups in total. The Kier molecular flexibility index (Phi) is 6.65. The normalized spacial score (nSPS) is 22.0. The molecule has 0 spiro atoms. The van der Waals surface area contributed by atoms with Gasteiger partial charge < -0.3 is 5.11 Å². The fraction of sp³-hybridized carbons (Fsp3) is 0.786. The van der Waals surface area contributed by atoms with Crippen LogP contribution in [0, 0.1) is 16.7 Å². The molecule has 1 aromatic rings. The second kappa shape index (κ2) is 7.93. The molecule has 1 aliphatic carbocycles. The lowest BCUT2D eigenvalue weighted by atomic mass is 9.62. The fourth-order valence-corrected chi connectivity index (χ4v) is 5.76. The minimum absolute atomic E-state index is 0.0496. The Labute approximate surface area is 181 Å². The molecule has 1 fully saturated rings. The molecule has 1 aliphatic rings. The average molecular weight is 401 g/mol. The Balaban J connectivity index is 2.29. The summed E-state index contributed by atoms with van der Waals surface area (Å²) in [6.07, 6.45) is 6.48. The molecule has 0 atom stereocenters. The van der Waals surface area contributed by atoms with E-state index in [1.165, 1.54) is 37.7 Å². The Morgan fingerprint density at radius 3 is 1.48 bits per heavy atom. The van der Waals surface area contributed by atoms with Gasteiger partial charge in [0.2, 0.25) is 0 Å². The van der Waals surface area contributed by atoms with Crippen molar-refractivity contribution in [3.63, 3.8) is 0 Å². The van der Waals surface area contributed by atoms with Crippen LogP contribution < -0.4 is 0 Å². The lowest BCUT2D eigenvalue weighted by Gasteiger charge is -2.43. The summed E-state index contributed by atoms with van der Waals surface area (Å²) < 4.78 is 0. The van der Waals surface area contributed by atoms with E-state index >= 15 is 0 Å². The van der Waals surface area contributed by atoms with Crippen molar-refractivity contribution in [3.05, 3.63) is 28.8 Å². The first-order valence-electron chi connectivity index (χ1n) is 11.8. The minimum Gasteiger partial charge on any atom is -0.507 e. The molecule has 0 unspecified atom stereocenters. The highest BCUT2D eigenvalue weighted by Crippen LogP contribution is 2.49. The molecule has 1 nitrogen and oxygen atoms in total. The molecule has 0 aromatic heterocycles. The monoisotopic (exact) mass is 400 g/mol. The van der Waals surface area contributed by atoms with Crippen molar-refractivity contribution >= 4 is 0 Å². The van der Waals surface area contributed by atoms with E-state index < -0.39 is 0 Å². The summed E-state index contributed by atoms with van der Waals surface area (Å²) in [6.45, 7) is 25.4. The molecule has 1 heteroatoms. The standard InChI is InChI=1S/C28H48O/c1-25(2,3)18-28(10,11)21-14-12-19(13-15-21)20-16-22(26(4,5)6)24(29)23(17-20)27(7,8)9/h16-17,19,21,29H,12-15,18H2,1-11H3. The van der Waals surface area contributed by atoms with Crippen molar-refractivity contribution < 1.29 is 5.11 Å². The first-order chi connectivity index (χ1) is 12.9. The molecule has 0 bridgehead atoms. The molecule has 1 saturated carbocycles. The molecule has 2 rings (SSSR count). The van der Waals surface area contributed by atoms with Crippen molar-refractivity contribution in [2.75, 3.05) is 0 Å². The van der Waals surface area contributed by atoms with Gasteiger partial charge in [-0.3, -0.25) is 0 Å². The van der Waals surface area contributed by atoms with Gasteiger partial charge >= 0.3 is 0 Å². The van der Waals surface area contributed by atoms with Crippen LogP contribution in [-0.4, -0.2) is 5.11 Å². The van der Waals surface area contributed by atoms with Crippen LogP contribution in [0.5, 0.6) is 5.75 Å². The van der Waals surface area contributed by atoms with Crippen LogP contribution in [0.15, 0.2) is 12.1 Å². The maximum atomic E-state index is 11.0.